The number of anilines is 2. The average Bonchev–Trinajstić information content (AvgIpc) is 3.00. The lowest BCUT2D eigenvalue weighted by molar-refractivity contribution is -0.120. The van der Waals surface area contributed by atoms with Crippen molar-refractivity contribution in [2.24, 2.45) is 0 Å². The van der Waals surface area contributed by atoms with Gasteiger partial charge in [-0.2, -0.15) is 0 Å². The molecule has 8 nitrogen and oxygen atoms in total. The summed E-state index contributed by atoms with van der Waals surface area (Å²) in [4.78, 5) is 40.1. The van der Waals surface area contributed by atoms with Gasteiger partial charge in [-0.1, -0.05) is 12.1 Å². The van der Waals surface area contributed by atoms with Gasteiger partial charge in [0.25, 0.3) is 11.8 Å². The highest BCUT2D eigenvalue weighted by atomic mass is 32.1. The molecular formula is C21H20N4O4S. The van der Waals surface area contributed by atoms with Gasteiger partial charge in [-0.15, -0.1) is 0 Å². The Hall–Kier alpha value is -3.30. The van der Waals surface area contributed by atoms with Crippen LogP contribution in [0, 0.1) is 0 Å². The largest absolute Gasteiger partial charge is 0.378 e. The summed E-state index contributed by atoms with van der Waals surface area (Å²) < 4.78 is 5.36. The van der Waals surface area contributed by atoms with Crippen LogP contribution in [0.25, 0.3) is 0 Å². The SMILES string of the molecule is O=C(CN1C(=O)c2ccccc2C1=O)NC(=S)Nc1ccc(N2CCOCC2)cc1. The average molecular weight is 424 g/mol. The number of ether oxygens (including phenoxy) is 1. The highest BCUT2D eigenvalue weighted by molar-refractivity contribution is 7.80. The minimum atomic E-state index is -0.549. The first kappa shape index (κ1) is 20.0. The van der Waals surface area contributed by atoms with Crippen molar-refractivity contribution in [1.82, 2.24) is 10.2 Å². The van der Waals surface area contributed by atoms with Crippen molar-refractivity contribution in [3.8, 4) is 0 Å². The zero-order chi connectivity index (χ0) is 21.1. The van der Waals surface area contributed by atoms with Gasteiger partial charge in [-0.25, -0.2) is 0 Å². The lowest BCUT2D eigenvalue weighted by Gasteiger charge is -2.28. The molecule has 2 aromatic carbocycles. The van der Waals surface area contributed by atoms with E-state index in [1.807, 2.05) is 24.3 Å². The van der Waals surface area contributed by atoms with E-state index in [0.717, 1.165) is 29.4 Å². The zero-order valence-corrected chi connectivity index (χ0v) is 16.9. The van der Waals surface area contributed by atoms with Crippen molar-refractivity contribution in [3.05, 3.63) is 59.7 Å². The molecule has 0 bridgehead atoms. The molecule has 0 aliphatic carbocycles. The molecule has 4 rings (SSSR count). The molecule has 2 heterocycles. The predicted octanol–water partition coefficient (Wildman–Crippen LogP) is 1.63. The molecule has 3 amide bonds. The van der Waals surface area contributed by atoms with Crippen LogP contribution in [-0.4, -0.2) is 60.6 Å². The molecule has 154 valence electrons. The summed E-state index contributed by atoms with van der Waals surface area (Å²) in [6.07, 6.45) is 0. The molecule has 1 saturated heterocycles. The summed E-state index contributed by atoms with van der Waals surface area (Å²) in [5, 5.41) is 5.54. The van der Waals surface area contributed by atoms with Crippen LogP contribution in [0.3, 0.4) is 0 Å². The number of morpholine rings is 1. The number of carbonyl (C=O) groups excluding carboxylic acids is 3. The highest BCUT2D eigenvalue weighted by Crippen LogP contribution is 2.22. The Bertz CT molecular complexity index is 967. The topological polar surface area (TPSA) is 91.0 Å². The third kappa shape index (κ3) is 4.17. The number of amides is 3. The maximum atomic E-state index is 12.3. The third-order valence-corrected chi connectivity index (χ3v) is 5.14. The molecule has 1 fully saturated rings. The third-order valence-electron chi connectivity index (χ3n) is 4.93. The number of fused-ring (bicyclic) bond motifs is 1. The summed E-state index contributed by atoms with van der Waals surface area (Å²) in [6, 6.07) is 14.2. The number of nitrogens with one attached hydrogen (secondary N) is 2. The Labute approximate surface area is 178 Å². The van der Waals surface area contributed by atoms with Gasteiger partial charge in [0.1, 0.15) is 6.54 Å². The zero-order valence-electron chi connectivity index (χ0n) is 16.1. The second-order valence-corrected chi connectivity index (χ2v) is 7.30. The number of benzene rings is 2. The van der Waals surface area contributed by atoms with Crippen LogP contribution in [0.5, 0.6) is 0 Å². The van der Waals surface area contributed by atoms with E-state index in [2.05, 4.69) is 15.5 Å². The fourth-order valence-electron chi connectivity index (χ4n) is 3.43. The summed E-state index contributed by atoms with van der Waals surface area (Å²) in [6.45, 7) is 2.72. The molecule has 2 aliphatic rings. The molecule has 0 unspecified atom stereocenters. The molecule has 2 aromatic rings. The minimum Gasteiger partial charge on any atom is -0.378 e. The van der Waals surface area contributed by atoms with Crippen LogP contribution < -0.4 is 15.5 Å². The van der Waals surface area contributed by atoms with E-state index in [4.69, 9.17) is 17.0 Å². The normalized spacial score (nSPS) is 15.7. The predicted molar refractivity (Wildman–Crippen MR) is 116 cm³/mol. The highest BCUT2D eigenvalue weighted by Gasteiger charge is 2.36. The van der Waals surface area contributed by atoms with Gasteiger partial charge < -0.3 is 20.3 Å². The van der Waals surface area contributed by atoms with E-state index < -0.39 is 24.3 Å². The van der Waals surface area contributed by atoms with Crippen molar-refractivity contribution < 1.29 is 19.1 Å². The monoisotopic (exact) mass is 424 g/mol. The number of thiocarbonyl (C=S) groups is 1. The number of hydrogen-bond acceptors (Lipinski definition) is 6. The maximum absolute atomic E-state index is 12.3. The summed E-state index contributed by atoms with van der Waals surface area (Å²) in [7, 11) is 0. The Morgan fingerprint density at radius 3 is 2.17 bits per heavy atom. The second kappa shape index (κ2) is 8.60. The second-order valence-electron chi connectivity index (χ2n) is 6.89. The molecule has 0 saturated carbocycles. The summed E-state index contributed by atoms with van der Waals surface area (Å²) in [5.74, 6) is -1.52. The number of carbonyl (C=O) groups is 3. The van der Waals surface area contributed by atoms with Crippen molar-refractivity contribution >= 4 is 46.4 Å². The Morgan fingerprint density at radius 1 is 0.967 bits per heavy atom. The van der Waals surface area contributed by atoms with Crippen LogP contribution in [0.1, 0.15) is 20.7 Å². The van der Waals surface area contributed by atoms with Crippen molar-refractivity contribution in [2.45, 2.75) is 0 Å². The first-order valence-electron chi connectivity index (χ1n) is 9.52. The number of rotatable bonds is 4. The van der Waals surface area contributed by atoms with Crippen LogP contribution in [-0.2, 0) is 9.53 Å². The van der Waals surface area contributed by atoms with Crippen molar-refractivity contribution in [3.63, 3.8) is 0 Å². The maximum Gasteiger partial charge on any atom is 0.262 e. The van der Waals surface area contributed by atoms with Gasteiger partial charge in [0.2, 0.25) is 5.91 Å². The van der Waals surface area contributed by atoms with E-state index in [1.165, 1.54) is 0 Å². The van der Waals surface area contributed by atoms with Crippen molar-refractivity contribution in [1.29, 1.82) is 0 Å². The van der Waals surface area contributed by atoms with E-state index >= 15 is 0 Å². The van der Waals surface area contributed by atoms with E-state index in [-0.39, 0.29) is 5.11 Å². The molecule has 0 aromatic heterocycles. The lowest BCUT2D eigenvalue weighted by atomic mass is 10.1. The smallest absolute Gasteiger partial charge is 0.262 e. The van der Waals surface area contributed by atoms with Gasteiger partial charge in [-0.3, -0.25) is 19.3 Å². The Kier molecular flexibility index (Phi) is 5.73. The fourth-order valence-corrected chi connectivity index (χ4v) is 3.66. The first-order valence-corrected chi connectivity index (χ1v) is 9.92. The molecule has 2 N–H and O–H groups in total. The van der Waals surface area contributed by atoms with Crippen LogP contribution in [0.4, 0.5) is 11.4 Å². The molecule has 0 radical (unpaired) electrons. The number of hydrogen-bond donors (Lipinski definition) is 2. The van der Waals surface area contributed by atoms with Gasteiger partial charge in [0.05, 0.1) is 24.3 Å². The molecule has 0 atom stereocenters. The van der Waals surface area contributed by atoms with Crippen LogP contribution in [0.15, 0.2) is 48.5 Å². The molecule has 0 spiro atoms. The lowest BCUT2D eigenvalue weighted by Crippen LogP contribution is -2.43. The van der Waals surface area contributed by atoms with Gasteiger partial charge in [0, 0.05) is 24.5 Å². The summed E-state index contributed by atoms with van der Waals surface area (Å²) >= 11 is 5.18. The molecule has 9 heteroatoms. The van der Waals surface area contributed by atoms with Crippen molar-refractivity contribution in [2.75, 3.05) is 43.1 Å². The van der Waals surface area contributed by atoms with Crippen LogP contribution in [0.2, 0.25) is 0 Å². The Balaban J connectivity index is 1.30. The summed E-state index contributed by atoms with van der Waals surface area (Å²) in [5.41, 5.74) is 2.41. The fraction of sp³-hybridized carbons (Fsp3) is 0.238. The Morgan fingerprint density at radius 2 is 1.57 bits per heavy atom. The molecule has 2 aliphatic heterocycles. The molecular weight excluding hydrogens is 404 g/mol. The number of imide groups is 1. The number of nitrogens with zero attached hydrogens (tertiary/aromatic N) is 2. The standard InChI is InChI=1S/C21H20N4O4S/c26-18(13-25-19(27)16-3-1-2-4-17(16)20(25)28)23-21(30)22-14-5-7-15(8-6-14)24-9-11-29-12-10-24/h1-8H,9-13H2,(H2,22,23,26,30). The van der Waals surface area contributed by atoms with Crippen LogP contribution >= 0.6 is 12.2 Å². The van der Waals surface area contributed by atoms with E-state index in [1.54, 1.807) is 24.3 Å². The van der Waals surface area contributed by atoms with Gasteiger partial charge >= 0.3 is 0 Å². The van der Waals surface area contributed by atoms with Gasteiger partial charge in [0.15, 0.2) is 5.11 Å². The van der Waals surface area contributed by atoms with Gasteiger partial charge in [-0.05, 0) is 48.6 Å². The molecule has 30 heavy (non-hydrogen) atoms. The quantitative estimate of drug-likeness (QED) is 0.570. The first-order chi connectivity index (χ1) is 14.5. The minimum absolute atomic E-state index is 0.0933. The van der Waals surface area contributed by atoms with E-state index in [9.17, 15) is 14.4 Å². The van der Waals surface area contributed by atoms with E-state index in [0.29, 0.717) is 24.3 Å².